The third-order valence-corrected chi connectivity index (χ3v) is 5.78. The van der Waals surface area contributed by atoms with Crippen LogP contribution in [0.1, 0.15) is 36.6 Å². The van der Waals surface area contributed by atoms with E-state index in [-0.39, 0.29) is 40.9 Å². The third-order valence-electron chi connectivity index (χ3n) is 5.78. The van der Waals surface area contributed by atoms with E-state index >= 15 is 0 Å². The number of amides is 1. The van der Waals surface area contributed by atoms with Crippen LogP contribution in [0.2, 0.25) is 0 Å². The number of nitrogens with one attached hydrogen (secondary N) is 2. The molecule has 192 valence electrons. The number of ketones is 1. The summed E-state index contributed by atoms with van der Waals surface area (Å²) in [4.78, 5) is 38.2. The SMILES string of the molecule is COCOc1cccc(F)c1C(=O)c1ccc(C(=O)O[C@@H]2CNC[C@H]2NC(=O)c2ccc(O)cc2)cc1. The number of methoxy groups -OCH3 is 1. The lowest BCUT2D eigenvalue weighted by Gasteiger charge is -2.20. The maximum atomic E-state index is 14.4. The van der Waals surface area contributed by atoms with E-state index in [1.165, 1.54) is 67.8 Å². The van der Waals surface area contributed by atoms with Gasteiger partial charge in [0.25, 0.3) is 5.91 Å². The lowest BCUT2D eigenvalue weighted by atomic mass is 10.0. The van der Waals surface area contributed by atoms with Gasteiger partial charge in [-0.1, -0.05) is 18.2 Å². The van der Waals surface area contributed by atoms with E-state index in [1.54, 1.807) is 0 Å². The molecule has 1 heterocycles. The summed E-state index contributed by atoms with van der Waals surface area (Å²) in [5.41, 5.74) is 0.474. The van der Waals surface area contributed by atoms with Crippen LogP contribution in [0, 0.1) is 5.82 Å². The number of halogens is 1. The largest absolute Gasteiger partial charge is 0.508 e. The molecular weight excluding hydrogens is 483 g/mol. The standard InChI is InChI=1S/C27H25FN2O7/c1-35-15-36-22-4-2-3-20(28)24(22)25(32)16-5-7-18(8-6-16)27(34)37-23-14-29-13-21(23)30-26(33)17-9-11-19(31)12-10-17/h2-12,21,23,29,31H,13-15H2,1H3,(H,30,33)/t21-,23-/m1/s1. The molecule has 1 aliphatic heterocycles. The number of carbonyl (C=O) groups excluding carboxylic acids is 3. The fourth-order valence-electron chi connectivity index (χ4n) is 3.86. The van der Waals surface area contributed by atoms with Crippen LogP contribution < -0.4 is 15.4 Å². The Morgan fingerprint density at radius 3 is 2.35 bits per heavy atom. The van der Waals surface area contributed by atoms with Crippen LogP contribution in [0.3, 0.4) is 0 Å². The number of esters is 1. The highest BCUT2D eigenvalue weighted by Gasteiger charge is 2.32. The number of phenols is 1. The third kappa shape index (κ3) is 6.11. The van der Waals surface area contributed by atoms with E-state index in [9.17, 15) is 23.9 Å². The van der Waals surface area contributed by atoms with Gasteiger partial charge in [-0.15, -0.1) is 0 Å². The highest BCUT2D eigenvalue weighted by molar-refractivity contribution is 6.11. The number of carbonyl (C=O) groups is 3. The van der Waals surface area contributed by atoms with Gasteiger partial charge in [0.1, 0.15) is 29.0 Å². The zero-order chi connectivity index (χ0) is 26.4. The number of phenolic OH excluding ortho intramolecular Hbond substituents is 1. The van der Waals surface area contributed by atoms with Crippen LogP contribution >= 0.6 is 0 Å². The van der Waals surface area contributed by atoms with Crippen molar-refractivity contribution < 1.29 is 38.1 Å². The Morgan fingerprint density at radius 1 is 0.973 bits per heavy atom. The number of hydrogen-bond donors (Lipinski definition) is 3. The quantitative estimate of drug-likeness (QED) is 0.229. The Bertz CT molecular complexity index is 1280. The Morgan fingerprint density at radius 2 is 1.65 bits per heavy atom. The molecule has 0 unspecified atom stereocenters. The van der Waals surface area contributed by atoms with Crippen LogP contribution in [0.15, 0.2) is 66.7 Å². The minimum Gasteiger partial charge on any atom is -0.508 e. The highest BCUT2D eigenvalue weighted by atomic mass is 19.1. The summed E-state index contributed by atoms with van der Waals surface area (Å²) >= 11 is 0. The first-order chi connectivity index (χ1) is 17.9. The Labute approximate surface area is 212 Å². The zero-order valence-corrected chi connectivity index (χ0v) is 19.9. The van der Waals surface area contributed by atoms with E-state index in [1.807, 2.05) is 0 Å². The normalized spacial score (nSPS) is 16.7. The van der Waals surface area contributed by atoms with Crippen LogP contribution in [-0.4, -0.2) is 61.9 Å². The maximum Gasteiger partial charge on any atom is 0.338 e. The minimum atomic E-state index is -0.740. The van der Waals surface area contributed by atoms with E-state index in [4.69, 9.17) is 14.2 Å². The average molecular weight is 509 g/mol. The van der Waals surface area contributed by atoms with E-state index in [2.05, 4.69) is 10.6 Å². The second kappa shape index (κ2) is 11.6. The number of hydrogen-bond acceptors (Lipinski definition) is 8. The molecule has 37 heavy (non-hydrogen) atoms. The topological polar surface area (TPSA) is 123 Å². The predicted octanol–water partition coefficient (Wildman–Crippen LogP) is 2.67. The number of aromatic hydroxyl groups is 1. The summed E-state index contributed by atoms with van der Waals surface area (Å²) in [5, 5.41) is 15.3. The molecule has 4 rings (SSSR count). The van der Waals surface area contributed by atoms with Crippen molar-refractivity contribution in [1.29, 1.82) is 0 Å². The lowest BCUT2D eigenvalue weighted by Crippen LogP contribution is -2.44. The van der Waals surface area contributed by atoms with Gasteiger partial charge in [0.05, 0.1) is 11.6 Å². The summed E-state index contributed by atoms with van der Waals surface area (Å²) in [6.07, 6.45) is -0.617. The molecule has 1 fully saturated rings. The molecule has 1 aliphatic rings. The van der Waals surface area contributed by atoms with E-state index < -0.39 is 29.7 Å². The van der Waals surface area contributed by atoms with Crippen LogP contribution in [0.5, 0.6) is 11.5 Å². The summed E-state index contributed by atoms with van der Waals surface area (Å²) in [5.74, 6) is -2.25. The summed E-state index contributed by atoms with van der Waals surface area (Å²) < 4.78 is 30.2. The van der Waals surface area contributed by atoms with Crippen molar-refractivity contribution in [3.05, 3.63) is 94.8 Å². The predicted molar refractivity (Wildman–Crippen MR) is 130 cm³/mol. The molecule has 0 spiro atoms. The van der Waals surface area contributed by atoms with Crippen molar-refractivity contribution in [3.63, 3.8) is 0 Å². The monoisotopic (exact) mass is 508 g/mol. The van der Waals surface area contributed by atoms with Crippen molar-refractivity contribution in [2.75, 3.05) is 27.0 Å². The second-order valence-electron chi connectivity index (χ2n) is 8.30. The smallest absolute Gasteiger partial charge is 0.338 e. The first-order valence-electron chi connectivity index (χ1n) is 11.4. The molecule has 3 aromatic rings. The molecule has 2 atom stereocenters. The molecule has 0 radical (unpaired) electrons. The number of ether oxygens (including phenoxy) is 3. The second-order valence-corrected chi connectivity index (χ2v) is 8.30. The molecule has 3 aromatic carbocycles. The van der Waals surface area contributed by atoms with Crippen LogP contribution in [0.4, 0.5) is 4.39 Å². The Kier molecular flexibility index (Phi) is 8.11. The number of benzene rings is 3. The summed E-state index contributed by atoms with van der Waals surface area (Å²) in [6.45, 7) is 0.604. The summed E-state index contributed by atoms with van der Waals surface area (Å²) in [6, 6.07) is 15.0. The van der Waals surface area contributed by atoms with Crippen molar-refractivity contribution in [3.8, 4) is 11.5 Å². The first kappa shape index (κ1) is 25.8. The van der Waals surface area contributed by atoms with Gasteiger partial charge in [-0.3, -0.25) is 9.59 Å². The van der Waals surface area contributed by atoms with Gasteiger partial charge >= 0.3 is 5.97 Å². The molecule has 1 amide bonds. The van der Waals surface area contributed by atoms with Gasteiger partial charge in [-0.2, -0.15) is 0 Å². The van der Waals surface area contributed by atoms with Gasteiger partial charge in [0.15, 0.2) is 12.6 Å². The highest BCUT2D eigenvalue weighted by Crippen LogP contribution is 2.25. The van der Waals surface area contributed by atoms with Gasteiger partial charge in [-0.05, 0) is 48.5 Å². The molecule has 9 nitrogen and oxygen atoms in total. The zero-order valence-electron chi connectivity index (χ0n) is 19.9. The molecule has 0 bridgehead atoms. The molecule has 0 aromatic heterocycles. The Hall–Kier alpha value is -4.28. The molecule has 1 saturated heterocycles. The van der Waals surface area contributed by atoms with Gasteiger partial charge < -0.3 is 30.0 Å². The fraction of sp³-hybridized carbons (Fsp3) is 0.222. The van der Waals surface area contributed by atoms with Crippen molar-refractivity contribution in [2.24, 2.45) is 0 Å². The molecule has 0 saturated carbocycles. The Balaban J connectivity index is 1.41. The van der Waals surface area contributed by atoms with Crippen molar-refractivity contribution in [1.82, 2.24) is 10.6 Å². The van der Waals surface area contributed by atoms with Gasteiger partial charge in [0, 0.05) is 31.3 Å². The molecule has 0 aliphatic carbocycles. The minimum absolute atomic E-state index is 0.0458. The molecular formula is C27H25FN2O7. The van der Waals surface area contributed by atoms with Crippen molar-refractivity contribution >= 4 is 17.7 Å². The summed E-state index contributed by atoms with van der Waals surface area (Å²) in [7, 11) is 1.41. The molecule has 3 N–H and O–H groups in total. The van der Waals surface area contributed by atoms with Crippen molar-refractivity contribution in [2.45, 2.75) is 12.1 Å². The van der Waals surface area contributed by atoms with Crippen LogP contribution in [-0.2, 0) is 9.47 Å². The van der Waals surface area contributed by atoms with Gasteiger partial charge in [-0.25, -0.2) is 9.18 Å². The lowest BCUT2D eigenvalue weighted by molar-refractivity contribution is 0.0283. The van der Waals surface area contributed by atoms with Gasteiger partial charge in [0.2, 0.25) is 0 Å². The maximum absolute atomic E-state index is 14.4. The fourth-order valence-corrected chi connectivity index (χ4v) is 3.86. The van der Waals surface area contributed by atoms with Crippen LogP contribution in [0.25, 0.3) is 0 Å². The first-order valence-corrected chi connectivity index (χ1v) is 11.4. The molecule has 10 heteroatoms. The van der Waals surface area contributed by atoms with E-state index in [0.717, 1.165) is 6.07 Å². The number of rotatable bonds is 9. The average Bonchev–Trinajstić information content (AvgIpc) is 3.33. The van der Waals surface area contributed by atoms with E-state index in [0.29, 0.717) is 18.7 Å².